The molecule has 5 heteroatoms. The molecule has 1 fully saturated rings. The summed E-state index contributed by atoms with van der Waals surface area (Å²) in [6.07, 6.45) is 4.48. The molecular weight excluding hydrogens is 426 g/mol. The van der Waals surface area contributed by atoms with Crippen LogP contribution < -0.4 is 9.47 Å². The van der Waals surface area contributed by atoms with Crippen LogP contribution in [0.2, 0.25) is 0 Å². The first-order valence-corrected chi connectivity index (χ1v) is 11.8. The summed E-state index contributed by atoms with van der Waals surface area (Å²) in [5.74, 6) is 1.49. The highest BCUT2D eigenvalue weighted by Gasteiger charge is 2.36. The van der Waals surface area contributed by atoms with Crippen LogP contribution >= 0.6 is 0 Å². The summed E-state index contributed by atoms with van der Waals surface area (Å²) in [6, 6.07) is 16.9. The van der Waals surface area contributed by atoms with Gasteiger partial charge in [-0.1, -0.05) is 43.2 Å². The molecule has 5 nitrogen and oxygen atoms in total. The minimum atomic E-state index is -0.119. The maximum absolute atomic E-state index is 13.3. The number of hydrogen-bond donors (Lipinski definition) is 0. The van der Waals surface area contributed by atoms with Crippen molar-refractivity contribution in [2.24, 2.45) is 4.99 Å². The summed E-state index contributed by atoms with van der Waals surface area (Å²) < 4.78 is 11.2. The normalized spacial score (nSPS) is 20.5. The first-order valence-electron chi connectivity index (χ1n) is 11.8. The first kappa shape index (κ1) is 20.8. The molecule has 170 valence electrons. The lowest BCUT2D eigenvalue weighted by atomic mass is 9.74. The van der Waals surface area contributed by atoms with Gasteiger partial charge < -0.3 is 9.47 Å². The number of benzene rings is 3. The Labute approximate surface area is 198 Å². The van der Waals surface area contributed by atoms with Crippen molar-refractivity contribution in [1.82, 2.24) is 0 Å². The second kappa shape index (κ2) is 7.94. The fraction of sp³-hybridized carbons (Fsp3) is 0.276. The molecule has 0 spiro atoms. The third-order valence-corrected chi connectivity index (χ3v) is 7.43. The van der Waals surface area contributed by atoms with E-state index in [1.165, 1.54) is 12.0 Å². The molecule has 1 heterocycles. The smallest absolute Gasteiger partial charge is 0.194 e. The van der Waals surface area contributed by atoms with Crippen molar-refractivity contribution in [3.05, 3.63) is 93.5 Å². The summed E-state index contributed by atoms with van der Waals surface area (Å²) in [4.78, 5) is 31.6. The van der Waals surface area contributed by atoms with Crippen molar-refractivity contribution in [3.8, 4) is 11.5 Å². The van der Waals surface area contributed by atoms with E-state index in [9.17, 15) is 9.59 Å². The van der Waals surface area contributed by atoms with Gasteiger partial charge in [-0.3, -0.25) is 14.6 Å². The van der Waals surface area contributed by atoms with Crippen LogP contribution in [0.4, 0.5) is 0 Å². The van der Waals surface area contributed by atoms with E-state index in [4.69, 9.17) is 14.5 Å². The number of ether oxygens (including phenoxy) is 2. The summed E-state index contributed by atoms with van der Waals surface area (Å²) in [5, 5.41) is 0. The fourth-order valence-corrected chi connectivity index (χ4v) is 5.75. The van der Waals surface area contributed by atoms with Crippen LogP contribution in [0.1, 0.15) is 80.1 Å². The van der Waals surface area contributed by atoms with E-state index in [0.717, 1.165) is 41.9 Å². The van der Waals surface area contributed by atoms with E-state index < -0.39 is 0 Å². The predicted molar refractivity (Wildman–Crippen MR) is 130 cm³/mol. The zero-order valence-electron chi connectivity index (χ0n) is 19.3. The van der Waals surface area contributed by atoms with Gasteiger partial charge in [0.1, 0.15) is 0 Å². The second-order valence-corrected chi connectivity index (χ2v) is 9.19. The van der Waals surface area contributed by atoms with Gasteiger partial charge in [-0.05, 0) is 42.7 Å². The fourth-order valence-electron chi connectivity index (χ4n) is 5.75. The highest BCUT2D eigenvalue weighted by molar-refractivity contribution is 6.29. The average Bonchev–Trinajstić information content (AvgIpc) is 2.90. The lowest BCUT2D eigenvalue weighted by Crippen LogP contribution is -2.30. The van der Waals surface area contributed by atoms with Gasteiger partial charge in [-0.25, -0.2) is 0 Å². The molecule has 0 saturated heterocycles. The number of hydrogen-bond acceptors (Lipinski definition) is 5. The molecule has 0 radical (unpaired) electrons. The Hall–Kier alpha value is -3.73. The molecule has 3 aromatic carbocycles. The van der Waals surface area contributed by atoms with Gasteiger partial charge in [0.05, 0.1) is 26.0 Å². The van der Waals surface area contributed by atoms with Gasteiger partial charge in [0.15, 0.2) is 23.1 Å². The van der Waals surface area contributed by atoms with E-state index in [0.29, 0.717) is 33.9 Å². The summed E-state index contributed by atoms with van der Waals surface area (Å²) in [6.45, 7) is 0. The van der Waals surface area contributed by atoms with E-state index in [2.05, 4.69) is 6.07 Å². The van der Waals surface area contributed by atoms with Crippen molar-refractivity contribution in [2.45, 2.75) is 37.6 Å². The Morgan fingerprint density at radius 3 is 2.12 bits per heavy atom. The molecule has 0 aromatic heterocycles. The Balaban J connectivity index is 1.52. The molecule has 1 saturated carbocycles. The van der Waals surface area contributed by atoms with Gasteiger partial charge in [0.2, 0.25) is 0 Å². The minimum absolute atomic E-state index is 0.110. The monoisotopic (exact) mass is 451 g/mol. The van der Waals surface area contributed by atoms with Crippen LogP contribution in [0, 0.1) is 0 Å². The largest absolute Gasteiger partial charge is 0.493 e. The SMILES string of the molecule is COc1cc2c(cc1OC)[C@H]1CCCC[C@H]1N=C2c1ccc2c(c1)C(=O)c1ccccc1C2=O. The number of ketones is 2. The Morgan fingerprint density at radius 1 is 0.735 bits per heavy atom. The third-order valence-electron chi connectivity index (χ3n) is 7.43. The maximum Gasteiger partial charge on any atom is 0.194 e. The van der Waals surface area contributed by atoms with Gasteiger partial charge >= 0.3 is 0 Å². The van der Waals surface area contributed by atoms with Crippen LogP contribution in [0.5, 0.6) is 11.5 Å². The molecule has 2 atom stereocenters. The van der Waals surface area contributed by atoms with Crippen LogP contribution in [-0.2, 0) is 0 Å². The topological polar surface area (TPSA) is 65.0 Å². The third kappa shape index (κ3) is 3.03. The second-order valence-electron chi connectivity index (χ2n) is 9.19. The maximum atomic E-state index is 13.3. The number of carbonyl (C=O) groups excluding carboxylic acids is 2. The summed E-state index contributed by atoms with van der Waals surface area (Å²) in [5.41, 5.74) is 5.74. The molecule has 2 aliphatic carbocycles. The standard InChI is InChI=1S/C29H25NO4/c1-33-25-14-21-17-7-5-6-10-24(17)30-27(22(21)15-26(25)34-2)16-11-12-20-23(13-16)29(32)19-9-4-3-8-18(19)28(20)31/h3-4,8-9,11-15,17,24H,5-7,10H2,1-2H3/t17-,24-/m1/s1. The van der Waals surface area contributed by atoms with Gasteiger partial charge in [-0.2, -0.15) is 0 Å². The Bertz CT molecular complexity index is 1390. The van der Waals surface area contributed by atoms with Crippen molar-refractivity contribution in [3.63, 3.8) is 0 Å². The quantitative estimate of drug-likeness (QED) is 0.421. The van der Waals surface area contributed by atoms with Crippen LogP contribution in [0.3, 0.4) is 0 Å². The number of fused-ring (bicyclic) bond motifs is 5. The molecule has 3 aromatic rings. The number of rotatable bonds is 3. The van der Waals surface area contributed by atoms with Crippen molar-refractivity contribution in [1.29, 1.82) is 0 Å². The molecule has 3 aliphatic rings. The van der Waals surface area contributed by atoms with Crippen molar-refractivity contribution < 1.29 is 19.1 Å². The van der Waals surface area contributed by atoms with E-state index in [-0.39, 0.29) is 17.6 Å². The van der Waals surface area contributed by atoms with Gasteiger partial charge in [0, 0.05) is 39.3 Å². The van der Waals surface area contributed by atoms with E-state index in [1.54, 1.807) is 44.6 Å². The molecule has 0 bridgehead atoms. The highest BCUT2D eigenvalue weighted by Crippen LogP contribution is 2.45. The summed E-state index contributed by atoms with van der Waals surface area (Å²) >= 11 is 0. The van der Waals surface area contributed by atoms with Crippen molar-refractivity contribution >= 4 is 17.3 Å². The molecular formula is C29H25NO4. The van der Waals surface area contributed by atoms with Crippen LogP contribution in [-0.4, -0.2) is 37.5 Å². The zero-order valence-corrected chi connectivity index (χ0v) is 19.3. The Kier molecular flexibility index (Phi) is 4.87. The molecule has 0 unspecified atom stereocenters. The molecule has 34 heavy (non-hydrogen) atoms. The number of nitrogens with zero attached hydrogens (tertiary/aromatic N) is 1. The van der Waals surface area contributed by atoms with Gasteiger partial charge in [-0.15, -0.1) is 0 Å². The van der Waals surface area contributed by atoms with Crippen LogP contribution in [0.25, 0.3) is 0 Å². The van der Waals surface area contributed by atoms with E-state index in [1.807, 2.05) is 18.2 Å². The highest BCUT2D eigenvalue weighted by atomic mass is 16.5. The van der Waals surface area contributed by atoms with Crippen molar-refractivity contribution in [2.75, 3.05) is 14.2 Å². The number of carbonyl (C=O) groups is 2. The number of aliphatic imine (C=N–C) groups is 1. The molecule has 1 aliphatic heterocycles. The lowest BCUT2D eigenvalue weighted by Gasteiger charge is -2.36. The number of methoxy groups -OCH3 is 2. The minimum Gasteiger partial charge on any atom is -0.493 e. The van der Waals surface area contributed by atoms with Crippen LogP contribution in [0.15, 0.2) is 59.6 Å². The zero-order chi connectivity index (χ0) is 23.4. The Morgan fingerprint density at radius 2 is 1.38 bits per heavy atom. The van der Waals surface area contributed by atoms with E-state index >= 15 is 0 Å². The predicted octanol–water partition coefficient (Wildman–Crippen LogP) is 5.36. The molecule has 0 N–H and O–H groups in total. The average molecular weight is 452 g/mol. The first-order chi connectivity index (χ1) is 16.6. The lowest BCUT2D eigenvalue weighted by molar-refractivity contribution is 0.0979. The molecule has 6 rings (SSSR count). The summed E-state index contributed by atoms with van der Waals surface area (Å²) in [7, 11) is 3.29. The van der Waals surface area contributed by atoms with Gasteiger partial charge in [0.25, 0.3) is 0 Å². The molecule has 0 amide bonds.